The topological polar surface area (TPSA) is 75.7 Å². The summed E-state index contributed by atoms with van der Waals surface area (Å²) in [7, 11) is 0. The number of quaternary nitrogens is 1. The highest BCUT2D eigenvalue weighted by atomic mass is 16.4. The van der Waals surface area contributed by atoms with E-state index in [1.54, 1.807) is 6.20 Å². The van der Waals surface area contributed by atoms with E-state index in [4.69, 9.17) is 5.73 Å². The molecular weight excluding hydrogens is 338 g/mol. The van der Waals surface area contributed by atoms with Gasteiger partial charge in [0.15, 0.2) is 6.54 Å². The van der Waals surface area contributed by atoms with Gasteiger partial charge in [-0.2, -0.15) is 0 Å². The number of nitrogens with zero attached hydrogens (tertiary/aromatic N) is 2. The molecule has 0 spiro atoms. The molecule has 2 atom stereocenters. The minimum absolute atomic E-state index is 0.0271. The normalized spacial score (nSPS) is 20.3. The van der Waals surface area contributed by atoms with E-state index in [9.17, 15) is 9.90 Å². The quantitative estimate of drug-likeness (QED) is 0.216. The number of amidine groups is 1. The fourth-order valence-electron chi connectivity index (χ4n) is 3.60. The highest BCUT2D eigenvalue weighted by molar-refractivity contribution is 5.81. The Morgan fingerprint density at radius 3 is 2.30 bits per heavy atom. The molecule has 5 heteroatoms. The maximum absolute atomic E-state index is 11.2. The summed E-state index contributed by atoms with van der Waals surface area (Å²) < 4.78 is 0.169. The van der Waals surface area contributed by atoms with Crippen LogP contribution in [0.1, 0.15) is 90.9 Å². The van der Waals surface area contributed by atoms with E-state index in [1.165, 1.54) is 64.2 Å². The minimum atomic E-state index is -0.840. The Hall–Kier alpha value is -1.46. The number of hydrogen-bond acceptors (Lipinski definition) is 3. The summed E-state index contributed by atoms with van der Waals surface area (Å²) >= 11 is 0. The molecule has 0 aromatic heterocycles. The largest absolute Gasteiger partial charge is 0.477 e. The van der Waals surface area contributed by atoms with Crippen molar-refractivity contribution in [1.82, 2.24) is 0 Å². The average Bonchev–Trinajstić information content (AvgIpc) is 3.02. The van der Waals surface area contributed by atoms with Gasteiger partial charge in [-0.3, -0.25) is 5.73 Å². The van der Waals surface area contributed by atoms with Gasteiger partial charge in [0, 0.05) is 13.3 Å². The van der Waals surface area contributed by atoms with Gasteiger partial charge in [0.25, 0.3) is 0 Å². The van der Waals surface area contributed by atoms with Crippen LogP contribution in [0.15, 0.2) is 29.5 Å². The Morgan fingerprint density at radius 1 is 1.11 bits per heavy atom. The zero-order valence-corrected chi connectivity index (χ0v) is 17.4. The number of carbonyl (C=O) groups is 1. The zero-order valence-electron chi connectivity index (χ0n) is 17.4. The van der Waals surface area contributed by atoms with Crippen molar-refractivity contribution in [3.05, 3.63) is 24.6 Å². The molecule has 1 heterocycles. The molecular formula is C22H40N3O2+. The Labute approximate surface area is 165 Å². The third-order valence-corrected chi connectivity index (χ3v) is 5.30. The van der Waals surface area contributed by atoms with Gasteiger partial charge in [0.1, 0.15) is 12.4 Å². The van der Waals surface area contributed by atoms with Crippen LogP contribution in [-0.4, -0.2) is 34.1 Å². The second kappa shape index (κ2) is 13.7. The standard InChI is InChI=1S/C22H39N3O2/c1-3-4-5-6-7-8-9-10-11-12-13-14-15-16-21-24-17-18-25(21,20(2)23)19-22(26)27/h5-6,17-18,20H,3-4,7-16,19,23H2,1-2H3/p+1/b6-5+. The molecule has 1 aliphatic heterocycles. The third-order valence-electron chi connectivity index (χ3n) is 5.30. The molecule has 1 aliphatic rings. The lowest BCUT2D eigenvalue weighted by atomic mass is 10.1. The summed E-state index contributed by atoms with van der Waals surface area (Å²) in [4.78, 5) is 15.7. The lowest BCUT2D eigenvalue weighted by Gasteiger charge is -2.34. The van der Waals surface area contributed by atoms with Crippen molar-refractivity contribution in [3.63, 3.8) is 0 Å². The molecule has 5 nitrogen and oxygen atoms in total. The van der Waals surface area contributed by atoms with Crippen molar-refractivity contribution in [3.8, 4) is 0 Å². The van der Waals surface area contributed by atoms with E-state index in [0.29, 0.717) is 0 Å². The van der Waals surface area contributed by atoms with Gasteiger partial charge in [0.2, 0.25) is 5.84 Å². The molecule has 0 saturated carbocycles. The highest BCUT2D eigenvalue weighted by Gasteiger charge is 2.40. The Bertz CT molecular complexity index is 512. The van der Waals surface area contributed by atoms with Gasteiger partial charge < -0.3 is 5.11 Å². The van der Waals surface area contributed by atoms with Crippen molar-refractivity contribution in [2.75, 3.05) is 6.54 Å². The fourth-order valence-corrected chi connectivity index (χ4v) is 3.60. The van der Waals surface area contributed by atoms with Gasteiger partial charge in [-0.1, -0.05) is 64.0 Å². The van der Waals surface area contributed by atoms with Crippen molar-refractivity contribution < 1.29 is 14.4 Å². The first-order valence-corrected chi connectivity index (χ1v) is 10.8. The van der Waals surface area contributed by atoms with E-state index in [-0.39, 0.29) is 17.2 Å². The van der Waals surface area contributed by atoms with Gasteiger partial charge in [-0.15, -0.1) is 0 Å². The van der Waals surface area contributed by atoms with E-state index in [2.05, 4.69) is 24.1 Å². The number of unbranched alkanes of at least 4 members (excludes halogenated alkanes) is 9. The summed E-state index contributed by atoms with van der Waals surface area (Å²) in [5.41, 5.74) is 6.09. The Balaban J connectivity index is 2.10. The van der Waals surface area contributed by atoms with Crippen molar-refractivity contribution in [2.24, 2.45) is 10.7 Å². The van der Waals surface area contributed by atoms with E-state index >= 15 is 0 Å². The smallest absolute Gasteiger partial charge is 0.360 e. The first-order valence-electron chi connectivity index (χ1n) is 10.8. The molecule has 0 aromatic rings. The van der Waals surface area contributed by atoms with Crippen molar-refractivity contribution in [1.29, 1.82) is 0 Å². The van der Waals surface area contributed by atoms with E-state index < -0.39 is 5.97 Å². The summed E-state index contributed by atoms with van der Waals surface area (Å²) in [6, 6.07) is 0. The number of aliphatic carboxylic acids is 1. The molecule has 0 fully saturated rings. The van der Waals surface area contributed by atoms with Crippen LogP contribution in [0, 0.1) is 0 Å². The van der Waals surface area contributed by atoms with Gasteiger partial charge in [0.05, 0.1) is 6.20 Å². The molecule has 3 N–H and O–H groups in total. The monoisotopic (exact) mass is 378 g/mol. The number of carboxylic acids is 1. The molecule has 27 heavy (non-hydrogen) atoms. The van der Waals surface area contributed by atoms with Crippen LogP contribution in [0.5, 0.6) is 0 Å². The fraction of sp³-hybridized carbons (Fsp3) is 0.727. The van der Waals surface area contributed by atoms with Crippen molar-refractivity contribution >= 4 is 11.8 Å². The van der Waals surface area contributed by atoms with Crippen LogP contribution >= 0.6 is 0 Å². The molecule has 0 saturated heterocycles. The van der Waals surface area contributed by atoms with Crippen LogP contribution < -0.4 is 5.73 Å². The van der Waals surface area contributed by atoms with Crippen LogP contribution in [0.25, 0.3) is 0 Å². The lowest BCUT2D eigenvalue weighted by Crippen LogP contribution is -2.59. The van der Waals surface area contributed by atoms with Crippen LogP contribution in [0.4, 0.5) is 0 Å². The summed E-state index contributed by atoms with van der Waals surface area (Å²) in [5, 5.41) is 9.23. The minimum Gasteiger partial charge on any atom is -0.477 e. The molecule has 0 aliphatic carbocycles. The van der Waals surface area contributed by atoms with Gasteiger partial charge in [-0.25, -0.2) is 14.3 Å². The molecule has 0 aromatic carbocycles. The summed E-state index contributed by atoms with van der Waals surface area (Å²) in [5.74, 6) is 0.0518. The Morgan fingerprint density at radius 2 is 1.70 bits per heavy atom. The Kier molecular flexibility index (Phi) is 11.9. The number of hydrogen-bond donors (Lipinski definition) is 2. The number of allylic oxidation sites excluding steroid dienone is 2. The van der Waals surface area contributed by atoms with Gasteiger partial charge in [-0.05, 0) is 25.7 Å². The third kappa shape index (κ3) is 8.85. The maximum Gasteiger partial charge on any atom is 0.360 e. The number of nitrogens with two attached hydrogens (primary N) is 1. The molecule has 2 unspecified atom stereocenters. The second-order valence-corrected chi connectivity index (χ2v) is 7.69. The SMILES string of the molecule is CCC/C=C/CCCCCCCCCCC1=NC=C[N+]1(CC(=O)O)C(C)N. The number of aliphatic imine (C=N–C) groups is 1. The predicted octanol–water partition coefficient (Wildman–Crippen LogP) is 5.33. The first kappa shape index (κ1) is 23.6. The second-order valence-electron chi connectivity index (χ2n) is 7.69. The van der Waals surface area contributed by atoms with E-state index in [0.717, 1.165) is 18.7 Å². The van der Waals surface area contributed by atoms with Crippen LogP contribution in [-0.2, 0) is 4.79 Å². The summed E-state index contributed by atoms with van der Waals surface area (Å²) in [6.07, 6.45) is 22.4. The lowest BCUT2D eigenvalue weighted by molar-refractivity contribution is -0.805. The van der Waals surface area contributed by atoms with Gasteiger partial charge >= 0.3 is 5.97 Å². The molecule has 0 bridgehead atoms. The van der Waals surface area contributed by atoms with Crippen LogP contribution in [0.2, 0.25) is 0 Å². The number of rotatable bonds is 16. The van der Waals surface area contributed by atoms with E-state index in [1.807, 2.05) is 13.1 Å². The molecule has 1 rings (SSSR count). The average molecular weight is 379 g/mol. The predicted molar refractivity (Wildman–Crippen MR) is 113 cm³/mol. The van der Waals surface area contributed by atoms with Crippen LogP contribution in [0.3, 0.4) is 0 Å². The summed E-state index contributed by atoms with van der Waals surface area (Å²) in [6.45, 7) is 4.04. The molecule has 154 valence electrons. The number of carboxylic acid groups (broad SMARTS) is 1. The molecule has 0 amide bonds. The highest BCUT2D eigenvalue weighted by Crippen LogP contribution is 2.23. The van der Waals surface area contributed by atoms with Crippen molar-refractivity contribution in [2.45, 2.75) is 97.1 Å². The molecule has 0 radical (unpaired) electrons. The maximum atomic E-state index is 11.2. The zero-order chi connectivity index (χ0) is 20.0. The first-order chi connectivity index (χ1) is 13.0.